The van der Waals surface area contributed by atoms with Crippen LogP contribution in [0.2, 0.25) is 0 Å². The summed E-state index contributed by atoms with van der Waals surface area (Å²) in [6, 6.07) is 0. The standard InChI is InChI=1S/C4H9O.C2H5O.2Li/c1-4(2,3)5;1-2-3;;/h1-3H3;2H2,1H3;;/q2*-1;2*+1. The molecule has 0 aromatic carbocycles. The predicted octanol–water partition coefficient (Wildman–Crippen LogP) is -6.48. The maximum absolute atomic E-state index is 10.1. The summed E-state index contributed by atoms with van der Waals surface area (Å²) in [6.07, 6.45) is 0. The van der Waals surface area contributed by atoms with E-state index >= 15 is 0 Å². The average molecular weight is 132 g/mol. The van der Waals surface area contributed by atoms with Crippen LogP contribution >= 0.6 is 0 Å². The summed E-state index contributed by atoms with van der Waals surface area (Å²) < 4.78 is 0. The van der Waals surface area contributed by atoms with Crippen LogP contribution in [0.1, 0.15) is 27.7 Å². The van der Waals surface area contributed by atoms with Crippen LogP contribution in [0.25, 0.3) is 0 Å². The van der Waals surface area contributed by atoms with Crippen LogP contribution in [0.4, 0.5) is 0 Å². The molecule has 0 saturated heterocycles. The Morgan fingerprint density at radius 3 is 1.10 bits per heavy atom. The first kappa shape index (κ1) is 22.5. The van der Waals surface area contributed by atoms with E-state index in [1.807, 2.05) is 0 Å². The van der Waals surface area contributed by atoms with Crippen molar-refractivity contribution in [1.82, 2.24) is 0 Å². The van der Waals surface area contributed by atoms with Gasteiger partial charge < -0.3 is 10.2 Å². The molecule has 52 valence electrons. The van der Waals surface area contributed by atoms with Crippen LogP contribution in [-0.2, 0) is 0 Å². The molecular formula is C6H14Li2O2. The minimum absolute atomic E-state index is 0. The van der Waals surface area contributed by atoms with Gasteiger partial charge in [-0.05, 0) is 0 Å². The normalized spacial score (nSPS) is 7.80. The maximum atomic E-state index is 10.1. The van der Waals surface area contributed by atoms with Gasteiger partial charge >= 0.3 is 37.7 Å². The van der Waals surface area contributed by atoms with E-state index in [4.69, 9.17) is 5.11 Å². The SMILES string of the molecule is CC(C)(C)[O-].CC[O-].[Li+].[Li+]. The number of hydrogen-bond acceptors (Lipinski definition) is 2. The largest absolute Gasteiger partial charge is 1.00 e. The average Bonchev–Trinajstić information content (AvgIpc) is 1.27. The summed E-state index contributed by atoms with van der Waals surface area (Å²) in [5.41, 5.74) is -0.750. The van der Waals surface area contributed by atoms with E-state index in [1.54, 1.807) is 27.7 Å². The molecular weight excluding hydrogens is 118 g/mol. The molecule has 0 aliphatic rings. The van der Waals surface area contributed by atoms with Crippen LogP contribution in [0, 0.1) is 0 Å². The second kappa shape index (κ2) is 12.8. The summed E-state index contributed by atoms with van der Waals surface area (Å²) in [5, 5.41) is 19.0. The first-order valence-electron chi connectivity index (χ1n) is 2.70. The molecule has 2 nitrogen and oxygen atoms in total. The molecule has 0 amide bonds. The van der Waals surface area contributed by atoms with Gasteiger partial charge in [-0.2, -0.15) is 0 Å². The van der Waals surface area contributed by atoms with E-state index in [2.05, 4.69) is 0 Å². The minimum atomic E-state index is -0.750. The minimum Gasteiger partial charge on any atom is -0.855 e. The third-order valence-corrected chi connectivity index (χ3v) is 0. The van der Waals surface area contributed by atoms with E-state index < -0.39 is 5.60 Å². The Morgan fingerprint density at radius 2 is 1.10 bits per heavy atom. The van der Waals surface area contributed by atoms with Gasteiger partial charge in [-0.3, -0.25) is 0 Å². The summed E-state index contributed by atoms with van der Waals surface area (Å²) in [7, 11) is 0. The molecule has 0 aromatic rings. The Labute approximate surface area is 87.8 Å². The third-order valence-electron chi connectivity index (χ3n) is 0. The molecule has 0 aliphatic heterocycles. The van der Waals surface area contributed by atoms with Crippen molar-refractivity contribution in [2.45, 2.75) is 33.3 Å². The molecule has 0 unspecified atom stereocenters. The predicted molar refractivity (Wildman–Crippen MR) is 30.3 cm³/mol. The zero-order valence-corrected chi connectivity index (χ0v) is 8.02. The van der Waals surface area contributed by atoms with Crippen molar-refractivity contribution in [3.63, 3.8) is 0 Å². The zero-order valence-electron chi connectivity index (χ0n) is 8.02. The molecule has 0 fully saturated rings. The Hall–Kier alpha value is 1.11. The zero-order chi connectivity index (χ0) is 7.21. The monoisotopic (exact) mass is 132 g/mol. The first-order valence-corrected chi connectivity index (χ1v) is 2.70. The number of hydrogen-bond donors (Lipinski definition) is 0. The second-order valence-electron chi connectivity index (χ2n) is 2.40. The van der Waals surface area contributed by atoms with E-state index in [-0.39, 0.29) is 44.3 Å². The Bertz CT molecular complexity index is 37.5. The molecule has 4 heteroatoms. The van der Waals surface area contributed by atoms with Crippen molar-refractivity contribution < 1.29 is 47.9 Å². The van der Waals surface area contributed by atoms with Gasteiger partial charge in [-0.25, -0.2) is 0 Å². The Morgan fingerprint density at radius 1 is 1.10 bits per heavy atom. The smallest absolute Gasteiger partial charge is 0.855 e. The third kappa shape index (κ3) is 483. The first-order chi connectivity index (χ1) is 3.41. The summed E-state index contributed by atoms with van der Waals surface area (Å²) in [4.78, 5) is 0. The fourth-order valence-corrected chi connectivity index (χ4v) is 0. The van der Waals surface area contributed by atoms with Crippen LogP contribution in [0.15, 0.2) is 0 Å². The van der Waals surface area contributed by atoms with Crippen molar-refractivity contribution in [1.29, 1.82) is 0 Å². The van der Waals surface area contributed by atoms with Gasteiger partial charge in [0.2, 0.25) is 0 Å². The molecule has 0 spiro atoms. The maximum Gasteiger partial charge on any atom is 1.00 e. The quantitative estimate of drug-likeness (QED) is 0.308. The van der Waals surface area contributed by atoms with Crippen molar-refractivity contribution in [3.8, 4) is 0 Å². The van der Waals surface area contributed by atoms with Gasteiger partial charge in [0.15, 0.2) is 0 Å². The molecule has 0 saturated carbocycles. The summed E-state index contributed by atoms with van der Waals surface area (Å²) in [5.74, 6) is 0. The molecule has 0 bridgehead atoms. The fraction of sp³-hybridized carbons (Fsp3) is 1.00. The van der Waals surface area contributed by atoms with E-state index in [1.165, 1.54) is 0 Å². The van der Waals surface area contributed by atoms with Crippen LogP contribution in [0.5, 0.6) is 0 Å². The molecule has 0 N–H and O–H groups in total. The van der Waals surface area contributed by atoms with Crippen molar-refractivity contribution >= 4 is 0 Å². The van der Waals surface area contributed by atoms with E-state index in [0.717, 1.165) is 0 Å². The summed E-state index contributed by atoms with van der Waals surface area (Å²) in [6.45, 7) is 6.47. The van der Waals surface area contributed by atoms with Gasteiger partial charge in [0.1, 0.15) is 0 Å². The number of rotatable bonds is 0. The van der Waals surface area contributed by atoms with Gasteiger partial charge in [0.25, 0.3) is 0 Å². The molecule has 0 atom stereocenters. The molecule has 0 aromatic heterocycles. The molecule has 10 heavy (non-hydrogen) atoms. The van der Waals surface area contributed by atoms with E-state index in [0.29, 0.717) is 0 Å². The topological polar surface area (TPSA) is 46.1 Å². The molecule has 0 aliphatic carbocycles. The second-order valence-corrected chi connectivity index (χ2v) is 2.40. The van der Waals surface area contributed by atoms with Crippen molar-refractivity contribution in [3.05, 3.63) is 0 Å². The summed E-state index contributed by atoms with van der Waals surface area (Å²) >= 11 is 0. The van der Waals surface area contributed by atoms with Gasteiger partial charge in [0, 0.05) is 0 Å². The fourth-order valence-electron chi connectivity index (χ4n) is 0. The van der Waals surface area contributed by atoms with Crippen molar-refractivity contribution in [2.75, 3.05) is 6.61 Å². The van der Waals surface area contributed by atoms with Gasteiger partial charge in [0.05, 0.1) is 0 Å². The van der Waals surface area contributed by atoms with Crippen LogP contribution < -0.4 is 47.9 Å². The van der Waals surface area contributed by atoms with Gasteiger partial charge in [-0.15, -0.1) is 12.2 Å². The Balaban J connectivity index is -0.0000000326. The van der Waals surface area contributed by atoms with Crippen LogP contribution in [0.3, 0.4) is 0 Å². The van der Waals surface area contributed by atoms with Gasteiger partial charge in [-0.1, -0.05) is 27.7 Å². The molecule has 0 heterocycles. The van der Waals surface area contributed by atoms with E-state index in [9.17, 15) is 5.11 Å². The molecule has 0 radical (unpaired) electrons. The molecule has 0 rings (SSSR count). The Kier molecular flexibility index (Phi) is 28.7. The van der Waals surface area contributed by atoms with Crippen LogP contribution in [-0.4, -0.2) is 12.2 Å². The van der Waals surface area contributed by atoms with Crippen molar-refractivity contribution in [2.24, 2.45) is 0 Å².